The van der Waals surface area contributed by atoms with Crippen LogP contribution in [-0.2, 0) is 9.53 Å². The molecule has 0 saturated heterocycles. The lowest BCUT2D eigenvalue weighted by molar-refractivity contribution is -0.126. The van der Waals surface area contributed by atoms with Crippen molar-refractivity contribution in [2.24, 2.45) is 17.6 Å². The SMILES string of the molecule is COCC(C)C(=O)NC(CN)C1CC1.Cl. The lowest BCUT2D eigenvalue weighted by Gasteiger charge is -2.18. The standard InChI is InChI=1S/C10H20N2O2.ClH/c1-7(6-14-2)10(13)12-9(5-11)8-3-4-8;/h7-9H,3-6,11H2,1-2H3,(H,12,13);1H. The number of amides is 1. The molecule has 0 spiro atoms. The van der Waals surface area contributed by atoms with Gasteiger partial charge in [0.15, 0.2) is 0 Å². The van der Waals surface area contributed by atoms with Crippen LogP contribution in [0, 0.1) is 11.8 Å². The minimum atomic E-state index is -0.0900. The van der Waals surface area contributed by atoms with E-state index in [4.69, 9.17) is 10.5 Å². The van der Waals surface area contributed by atoms with E-state index < -0.39 is 0 Å². The molecule has 15 heavy (non-hydrogen) atoms. The quantitative estimate of drug-likeness (QED) is 0.708. The van der Waals surface area contributed by atoms with E-state index >= 15 is 0 Å². The predicted octanol–water partition coefficient (Wildman–Crippen LogP) is 0.544. The second-order valence-corrected chi connectivity index (χ2v) is 4.04. The number of nitrogens with one attached hydrogen (secondary N) is 1. The highest BCUT2D eigenvalue weighted by molar-refractivity contribution is 5.85. The Hall–Kier alpha value is -0.320. The van der Waals surface area contributed by atoms with Crippen LogP contribution >= 0.6 is 12.4 Å². The zero-order chi connectivity index (χ0) is 10.6. The minimum absolute atomic E-state index is 0. The van der Waals surface area contributed by atoms with E-state index in [2.05, 4.69) is 5.32 Å². The maximum absolute atomic E-state index is 11.6. The number of nitrogens with two attached hydrogens (primary N) is 1. The third-order valence-corrected chi connectivity index (χ3v) is 2.64. The van der Waals surface area contributed by atoms with Gasteiger partial charge in [-0.3, -0.25) is 4.79 Å². The first kappa shape index (κ1) is 14.7. The zero-order valence-electron chi connectivity index (χ0n) is 9.36. The molecule has 0 aliphatic heterocycles. The van der Waals surface area contributed by atoms with Crippen molar-refractivity contribution in [2.75, 3.05) is 20.3 Å². The zero-order valence-corrected chi connectivity index (χ0v) is 10.2. The van der Waals surface area contributed by atoms with Crippen LogP contribution in [0.3, 0.4) is 0 Å². The molecule has 2 atom stereocenters. The maximum atomic E-state index is 11.6. The predicted molar refractivity (Wildman–Crippen MR) is 62.0 cm³/mol. The molecule has 1 fully saturated rings. The number of hydrogen-bond donors (Lipinski definition) is 2. The van der Waals surface area contributed by atoms with E-state index in [1.807, 2.05) is 6.92 Å². The molecule has 0 aromatic carbocycles. The molecule has 3 N–H and O–H groups in total. The molecule has 0 radical (unpaired) electrons. The Bertz CT molecular complexity index is 198. The van der Waals surface area contributed by atoms with Crippen molar-refractivity contribution in [3.8, 4) is 0 Å². The van der Waals surface area contributed by atoms with E-state index in [0.717, 1.165) is 0 Å². The summed E-state index contributed by atoms with van der Waals surface area (Å²) in [6.45, 7) is 2.86. The van der Waals surface area contributed by atoms with Gasteiger partial charge in [0.2, 0.25) is 5.91 Å². The molecular formula is C10H21ClN2O2. The van der Waals surface area contributed by atoms with Crippen molar-refractivity contribution in [3.63, 3.8) is 0 Å². The van der Waals surface area contributed by atoms with Gasteiger partial charge in [-0.2, -0.15) is 0 Å². The van der Waals surface area contributed by atoms with Crippen LogP contribution in [0.1, 0.15) is 19.8 Å². The van der Waals surface area contributed by atoms with Crippen molar-refractivity contribution in [1.29, 1.82) is 0 Å². The molecule has 2 unspecified atom stereocenters. The lowest BCUT2D eigenvalue weighted by Crippen LogP contribution is -2.44. The smallest absolute Gasteiger partial charge is 0.225 e. The summed E-state index contributed by atoms with van der Waals surface area (Å²) in [4.78, 5) is 11.6. The molecule has 1 aliphatic carbocycles. The van der Waals surface area contributed by atoms with E-state index in [0.29, 0.717) is 19.1 Å². The number of ether oxygens (including phenoxy) is 1. The van der Waals surface area contributed by atoms with Gasteiger partial charge >= 0.3 is 0 Å². The number of carbonyl (C=O) groups is 1. The second-order valence-electron chi connectivity index (χ2n) is 4.04. The maximum Gasteiger partial charge on any atom is 0.225 e. The molecule has 0 bridgehead atoms. The average molecular weight is 237 g/mol. The number of rotatable bonds is 6. The van der Waals surface area contributed by atoms with Crippen LogP contribution < -0.4 is 11.1 Å². The summed E-state index contributed by atoms with van der Waals surface area (Å²) in [6, 6.07) is 0.168. The summed E-state index contributed by atoms with van der Waals surface area (Å²) >= 11 is 0. The minimum Gasteiger partial charge on any atom is -0.384 e. The average Bonchev–Trinajstić information content (AvgIpc) is 2.97. The molecular weight excluding hydrogens is 216 g/mol. The van der Waals surface area contributed by atoms with Gasteiger partial charge in [0, 0.05) is 19.7 Å². The molecule has 90 valence electrons. The van der Waals surface area contributed by atoms with E-state index in [1.165, 1.54) is 12.8 Å². The van der Waals surface area contributed by atoms with E-state index in [9.17, 15) is 4.79 Å². The van der Waals surface area contributed by atoms with Gasteiger partial charge in [0.1, 0.15) is 0 Å². The fourth-order valence-corrected chi connectivity index (χ4v) is 1.52. The summed E-state index contributed by atoms with van der Waals surface area (Å²) in [5, 5.41) is 2.97. The van der Waals surface area contributed by atoms with Gasteiger partial charge < -0.3 is 15.8 Å². The first-order chi connectivity index (χ1) is 6.69. The third kappa shape index (κ3) is 4.82. The molecule has 1 aliphatic rings. The summed E-state index contributed by atoms with van der Waals surface area (Å²) < 4.78 is 4.92. The normalized spacial score (nSPS) is 18.9. The van der Waals surface area contributed by atoms with Crippen molar-refractivity contribution >= 4 is 18.3 Å². The topological polar surface area (TPSA) is 64.3 Å². The van der Waals surface area contributed by atoms with Gasteiger partial charge in [0.25, 0.3) is 0 Å². The van der Waals surface area contributed by atoms with Crippen molar-refractivity contribution in [1.82, 2.24) is 5.32 Å². The van der Waals surface area contributed by atoms with Crippen molar-refractivity contribution in [2.45, 2.75) is 25.8 Å². The van der Waals surface area contributed by atoms with Gasteiger partial charge in [0.05, 0.1) is 12.5 Å². The first-order valence-electron chi connectivity index (χ1n) is 5.18. The molecule has 1 rings (SSSR count). The number of halogens is 1. The van der Waals surface area contributed by atoms with Crippen molar-refractivity contribution < 1.29 is 9.53 Å². The van der Waals surface area contributed by atoms with E-state index in [-0.39, 0.29) is 30.3 Å². The number of hydrogen-bond acceptors (Lipinski definition) is 3. The number of carbonyl (C=O) groups excluding carboxylic acids is 1. The lowest BCUT2D eigenvalue weighted by atomic mass is 10.1. The fraction of sp³-hybridized carbons (Fsp3) is 0.900. The Morgan fingerprint density at radius 1 is 1.60 bits per heavy atom. The second kappa shape index (κ2) is 7.04. The van der Waals surface area contributed by atoms with Crippen LogP contribution in [0.4, 0.5) is 0 Å². The summed E-state index contributed by atoms with van der Waals surface area (Å²) in [5.74, 6) is 0.570. The summed E-state index contributed by atoms with van der Waals surface area (Å²) in [6.07, 6.45) is 2.39. The van der Waals surface area contributed by atoms with Gasteiger partial charge in [-0.1, -0.05) is 6.92 Å². The Morgan fingerprint density at radius 3 is 2.60 bits per heavy atom. The molecule has 0 heterocycles. The molecule has 0 aromatic heterocycles. The largest absolute Gasteiger partial charge is 0.384 e. The molecule has 5 heteroatoms. The Kier molecular flexibility index (Phi) is 6.89. The Morgan fingerprint density at radius 2 is 2.20 bits per heavy atom. The van der Waals surface area contributed by atoms with Crippen LogP contribution in [-0.4, -0.2) is 32.2 Å². The summed E-state index contributed by atoms with van der Waals surface area (Å²) in [7, 11) is 1.60. The molecule has 1 amide bonds. The Labute approximate surface area is 97.3 Å². The van der Waals surface area contributed by atoms with Crippen LogP contribution in [0.2, 0.25) is 0 Å². The highest BCUT2D eigenvalue weighted by Gasteiger charge is 2.31. The van der Waals surface area contributed by atoms with Gasteiger partial charge in [-0.25, -0.2) is 0 Å². The monoisotopic (exact) mass is 236 g/mol. The molecule has 1 saturated carbocycles. The molecule has 4 nitrogen and oxygen atoms in total. The highest BCUT2D eigenvalue weighted by atomic mass is 35.5. The van der Waals surface area contributed by atoms with Gasteiger partial charge in [-0.05, 0) is 18.8 Å². The molecule has 0 aromatic rings. The third-order valence-electron chi connectivity index (χ3n) is 2.64. The van der Waals surface area contributed by atoms with Crippen LogP contribution in [0.5, 0.6) is 0 Å². The van der Waals surface area contributed by atoms with Crippen LogP contribution in [0.15, 0.2) is 0 Å². The Balaban J connectivity index is 0.00000196. The van der Waals surface area contributed by atoms with E-state index in [1.54, 1.807) is 7.11 Å². The number of methoxy groups -OCH3 is 1. The van der Waals surface area contributed by atoms with Crippen LogP contribution in [0.25, 0.3) is 0 Å². The van der Waals surface area contributed by atoms with Gasteiger partial charge in [-0.15, -0.1) is 12.4 Å². The van der Waals surface area contributed by atoms with Crippen molar-refractivity contribution in [3.05, 3.63) is 0 Å². The highest BCUT2D eigenvalue weighted by Crippen LogP contribution is 2.32. The summed E-state index contributed by atoms with van der Waals surface area (Å²) in [5.41, 5.74) is 5.59. The first-order valence-corrected chi connectivity index (χ1v) is 5.18. The fourth-order valence-electron chi connectivity index (χ4n) is 1.52.